The summed E-state index contributed by atoms with van der Waals surface area (Å²) in [6, 6.07) is 13.4. The van der Waals surface area contributed by atoms with Crippen molar-refractivity contribution in [3.8, 4) is 5.75 Å². The number of carbonyl (C=O) groups is 2. The zero-order chi connectivity index (χ0) is 31.8. The van der Waals surface area contributed by atoms with Gasteiger partial charge in [0.1, 0.15) is 23.2 Å². The molecule has 226 valence electrons. The van der Waals surface area contributed by atoms with Crippen LogP contribution >= 0.6 is 0 Å². The number of hydrogen-bond donors (Lipinski definition) is 2. The van der Waals surface area contributed by atoms with Crippen molar-refractivity contribution in [2.75, 3.05) is 0 Å². The minimum absolute atomic E-state index is 0.137. The summed E-state index contributed by atoms with van der Waals surface area (Å²) in [7, 11) is 0. The molecule has 2 aromatic carbocycles. The SMILES string of the molecule is CC(C)(C)C1=CC(C(=O)O)C(c2ccccc2C2C(=O)Oc3ccc(C(C)(C)C)cc32)=C(C(C)(C)C)C1(O)C(C)(C)C. The molecule has 5 heteroatoms. The third kappa shape index (κ3) is 5.15. The predicted octanol–water partition coefficient (Wildman–Crippen LogP) is 8.30. The van der Waals surface area contributed by atoms with Crippen molar-refractivity contribution in [3.63, 3.8) is 0 Å². The van der Waals surface area contributed by atoms with Gasteiger partial charge in [-0.25, -0.2) is 0 Å². The van der Waals surface area contributed by atoms with Crippen LogP contribution in [0.25, 0.3) is 5.57 Å². The van der Waals surface area contributed by atoms with E-state index < -0.39 is 39.7 Å². The van der Waals surface area contributed by atoms with Gasteiger partial charge < -0.3 is 14.9 Å². The molecule has 2 aliphatic rings. The summed E-state index contributed by atoms with van der Waals surface area (Å²) in [6.07, 6.45) is 1.76. The van der Waals surface area contributed by atoms with E-state index in [-0.39, 0.29) is 11.4 Å². The Hall–Kier alpha value is -3.18. The lowest BCUT2D eigenvalue weighted by Gasteiger charge is -2.55. The second-order valence-electron chi connectivity index (χ2n) is 16.1. The van der Waals surface area contributed by atoms with Crippen LogP contribution in [0, 0.1) is 22.2 Å². The molecular formula is C37H48O5. The number of carbonyl (C=O) groups excluding carboxylic acids is 1. The molecule has 1 aliphatic heterocycles. The van der Waals surface area contributed by atoms with Crippen LogP contribution in [0.5, 0.6) is 5.75 Å². The fourth-order valence-electron chi connectivity index (χ4n) is 6.79. The normalized spacial score (nSPS) is 23.5. The van der Waals surface area contributed by atoms with Gasteiger partial charge in [0.25, 0.3) is 0 Å². The highest BCUT2D eigenvalue weighted by molar-refractivity contribution is 5.97. The van der Waals surface area contributed by atoms with E-state index in [1.165, 1.54) is 0 Å². The van der Waals surface area contributed by atoms with Crippen molar-refractivity contribution < 1.29 is 24.5 Å². The maximum atomic E-state index is 13.6. The van der Waals surface area contributed by atoms with Gasteiger partial charge in [0.05, 0.1) is 0 Å². The molecule has 2 aromatic rings. The number of rotatable bonds is 3. The number of benzene rings is 2. The molecule has 0 bridgehead atoms. The number of ether oxygens (including phenoxy) is 1. The van der Waals surface area contributed by atoms with E-state index in [4.69, 9.17) is 4.74 Å². The van der Waals surface area contributed by atoms with Crippen LogP contribution in [0.1, 0.15) is 111 Å². The first-order chi connectivity index (χ1) is 19.0. The minimum Gasteiger partial charge on any atom is -0.481 e. The first-order valence-electron chi connectivity index (χ1n) is 14.9. The Morgan fingerprint density at radius 3 is 1.90 bits per heavy atom. The molecule has 1 aliphatic carbocycles. The van der Waals surface area contributed by atoms with E-state index in [0.29, 0.717) is 33.6 Å². The van der Waals surface area contributed by atoms with Crippen molar-refractivity contribution >= 4 is 17.5 Å². The molecule has 4 rings (SSSR count). The van der Waals surface area contributed by atoms with Gasteiger partial charge in [0.2, 0.25) is 0 Å². The molecule has 0 saturated carbocycles. The van der Waals surface area contributed by atoms with Gasteiger partial charge in [-0.15, -0.1) is 0 Å². The number of aliphatic carboxylic acids is 1. The first-order valence-corrected chi connectivity index (χ1v) is 14.9. The van der Waals surface area contributed by atoms with Crippen molar-refractivity contribution in [3.05, 3.63) is 81.9 Å². The van der Waals surface area contributed by atoms with Crippen LogP contribution in [0.2, 0.25) is 0 Å². The Kier molecular flexibility index (Phi) is 7.51. The van der Waals surface area contributed by atoms with Gasteiger partial charge in [-0.05, 0) is 61.1 Å². The van der Waals surface area contributed by atoms with Gasteiger partial charge in [-0.3, -0.25) is 9.59 Å². The molecule has 3 atom stereocenters. The molecule has 2 N–H and O–H groups in total. The Labute approximate surface area is 251 Å². The monoisotopic (exact) mass is 572 g/mol. The summed E-state index contributed by atoms with van der Waals surface area (Å²) in [5.41, 5.74) is 1.72. The summed E-state index contributed by atoms with van der Waals surface area (Å²) >= 11 is 0. The molecule has 0 spiro atoms. The molecule has 5 nitrogen and oxygen atoms in total. The topological polar surface area (TPSA) is 83.8 Å². The van der Waals surface area contributed by atoms with Gasteiger partial charge in [-0.2, -0.15) is 0 Å². The fraction of sp³-hybridized carbons (Fsp3) is 0.514. The summed E-state index contributed by atoms with van der Waals surface area (Å²) in [6.45, 7) is 24.5. The molecule has 0 aromatic heterocycles. The number of fused-ring (bicyclic) bond motifs is 1. The largest absolute Gasteiger partial charge is 0.481 e. The van der Waals surface area contributed by atoms with E-state index in [9.17, 15) is 19.8 Å². The van der Waals surface area contributed by atoms with Crippen LogP contribution in [-0.4, -0.2) is 27.8 Å². The third-order valence-electron chi connectivity index (χ3n) is 8.77. The highest BCUT2D eigenvalue weighted by Gasteiger charge is 2.57. The summed E-state index contributed by atoms with van der Waals surface area (Å²) in [5, 5.41) is 23.8. The average molecular weight is 573 g/mol. The van der Waals surface area contributed by atoms with Gasteiger partial charge in [0, 0.05) is 5.56 Å². The quantitative estimate of drug-likeness (QED) is 0.220. The van der Waals surface area contributed by atoms with Crippen LogP contribution in [0.15, 0.2) is 59.7 Å². The van der Waals surface area contributed by atoms with E-state index in [2.05, 4.69) is 20.8 Å². The van der Waals surface area contributed by atoms with Crippen LogP contribution in [0.4, 0.5) is 0 Å². The summed E-state index contributed by atoms with van der Waals surface area (Å²) < 4.78 is 5.78. The zero-order valence-electron chi connectivity index (χ0n) is 27.4. The van der Waals surface area contributed by atoms with Crippen molar-refractivity contribution in [2.45, 2.75) is 100 Å². The average Bonchev–Trinajstić information content (AvgIpc) is 3.15. The number of carboxylic acids is 1. The number of esters is 1. The van der Waals surface area contributed by atoms with E-state index in [0.717, 1.165) is 11.1 Å². The zero-order valence-corrected chi connectivity index (χ0v) is 27.4. The van der Waals surface area contributed by atoms with Gasteiger partial charge in [-0.1, -0.05) is 126 Å². The van der Waals surface area contributed by atoms with Crippen LogP contribution < -0.4 is 4.74 Å². The van der Waals surface area contributed by atoms with E-state index in [1.54, 1.807) is 6.08 Å². The van der Waals surface area contributed by atoms with Crippen molar-refractivity contribution in [2.24, 2.45) is 22.2 Å². The lowest BCUT2D eigenvalue weighted by molar-refractivity contribution is -0.138. The van der Waals surface area contributed by atoms with E-state index >= 15 is 0 Å². The van der Waals surface area contributed by atoms with E-state index in [1.807, 2.05) is 105 Å². The number of carboxylic acid groups (broad SMARTS) is 1. The summed E-state index contributed by atoms with van der Waals surface area (Å²) in [4.78, 5) is 26.7. The predicted molar refractivity (Wildman–Crippen MR) is 169 cm³/mol. The number of hydrogen-bond acceptors (Lipinski definition) is 4. The first kappa shape index (κ1) is 31.7. The molecule has 0 saturated heterocycles. The Balaban J connectivity index is 2.13. The molecule has 42 heavy (non-hydrogen) atoms. The molecule has 0 radical (unpaired) electrons. The number of aliphatic hydroxyl groups is 1. The van der Waals surface area contributed by atoms with Crippen molar-refractivity contribution in [1.29, 1.82) is 0 Å². The Morgan fingerprint density at radius 2 is 1.40 bits per heavy atom. The van der Waals surface area contributed by atoms with Crippen molar-refractivity contribution in [1.82, 2.24) is 0 Å². The molecule has 0 fully saturated rings. The smallest absolute Gasteiger partial charge is 0.323 e. The lowest BCUT2D eigenvalue weighted by Crippen LogP contribution is -2.55. The highest BCUT2D eigenvalue weighted by atomic mass is 16.5. The molecule has 1 heterocycles. The summed E-state index contributed by atoms with van der Waals surface area (Å²) in [5.74, 6) is -2.60. The van der Waals surface area contributed by atoms with Gasteiger partial charge >= 0.3 is 11.9 Å². The minimum atomic E-state index is -1.45. The Bertz CT molecular complexity index is 1490. The van der Waals surface area contributed by atoms with Crippen LogP contribution in [-0.2, 0) is 15.0 Å². The molecular weight excluding hydrogens is 524 g/mol. The Morgan fingerprint density at radius 1 is 0.810 bits per heavy atom. The molecule has 0 amide bonds. The fourth-order valence-corrected chi connectivity index (χ4v) is 6.79. The lowest BCUT2D eigenvalue weighted by atomic mass is 9.52. The second-order valence-corrected chi connectivity index (χ2v) is 16.1. The van der Waals surface area contributed by atoms with Crippen LogP contribution in [0.3, 0.4) is 0 Å². The highest BCUT2D eigenvalue weighted by Crippen LogP contribution is 2.59. The maximum absolute atomic E-state index is 13.6. The molecule has 3 unspecified atom stereocenters. The van der Waals surface area contributed by atoms with Gasteiger partial charge in [0.15, 0.2) is 0 Å². The third-order valence-corrected chi connectivity index (χ3v) is 8.77. The second kappa shape index (κ2) is 9.94. The standard InChI is InChI=1S/C37H48O5/c1-33(2,3)21-17-18-26-24(19-21)29(32(40)42-26)23-16-14-13-15-22(23)28-25(31(38)39)20-27(34(4,5)6)37(41,36(10,11)12)30(28)35(7,8)9/h13-20,25,29,41H,1-12H3,(H,38,39). The maximum Gasteiger partial charge on any atom is 0.323 e.